The number of rotatable bonds is 4. The SMILES string of the molecule is CC(C)C(C(N)=O)(c1ccc(F)cc1)c1ccc(F)cc1. The number of carbonyl (C=O) groups is 1. The van der Waals surface area contributed by atoms with Gasteiger partial charge in [0.25, 0.3) is 0 Å². The molecule has 0 aliphatic heterocycles. The number of nitrogens with two attached hydrogens (primary N) is 1. The zero-order chi connectivity index (χ0) is 15.6. The van der Waals surface area contributed by atoms with Crippen LogP contribution in [0.1, 0.15) is 25.0 Å². The first-order chi connectivity index (χ1) is 9.88. The van der Waals surface area contributed by atoms with Gasteiger partial charge in [0.15, 0.2) is 0 Å². The van der Waals surface area contributed by atoms with E-state index in [9.17, 15) is 13.6 Å². The van der Waals surface area contributed by atoms with Crippen LogP contribution >= 0.6 is 0 Å². The molecule has 0 aromatic heterocycles. The van der Waals surface area contributed by atoms with Gasteiger partial charge in [-0.1, -0.05) is 38.1 Å². The maximum absolute atomic E-state index is 13.2. The molecule has 0 aliphatic rings. The maximum atomic E-state index is 13.2. The summed E-state index contributed by atoms with van der Waals surface area (Å²) in [5.41, 5.74) is 5.75. The maximum Gasteiger partial charge on any atom is 0.232 e. The summed E-state index contributed by atoms with van der Waals surface area (Å²) in [6, 6.07) is 11.3. The fourth-order valence-electron chi connectivity index (χ4n) is 2.83. The first-order valence-electron chi connectivity index (χ1n) is 6.71. The molecule has 0 saturated carbocycles. The number of primary amides is 1. The van der Waals surface area contributed by atoms with Crippen LogP contribution in [0.4, 0.5) is 8.78 Å². The lowest BCUT2D eigenvalue weighted by Crippen LogP contribution is -2.46. The van der Waals surface area contributed by atoms with Crippen LogP contribution in [0, 0.1) is 17.6 Å². The van der Waals surface area contributed by atoms with Crippen LogP contribution in [0.25, 0.3) is 0 Å². The quantitative estimate of drug-likeness (QED) is 0.921. The average molecular weight is 289 g/mol. The van der Waals surface area contributed by atoms with E-state index in [0.717, 1.165) is 0 Å². The van der Waals surface area contributed by atoms with Crippen LogP contribution in [0.5, 0.6) is 0 Å². The largest absolute Gasteiger partial charge is 0.369 e. The van der Waals surface area contributed by atoms with E-state index >= 15 is 0 Å². The van der Waals surface area contributed by atoms with Crippen molar-refractivity contribution in [2.24, 2.45) is 11.7 Å². The lowest BCUT2D eigenvalue weighted by Gasteiger charge is -2.35. The van der Waals surface area contributed by atoms with Gasteiger partial charge in [0.05, 0.1) is 0 Å². The van der Waals surface area contributed by atoms with E-state index in [1.54, 1.807) is 24.3 Å². The molecule has 2 rings (SSSR count). The molecular formula is C17H17F2NO. The lowest BCUT2D eigenvalue weighted by molar-refractivity contribution is -0.123. The predicted molar refractivity (Wildman–Crippen MR) is 77.6 cm³/mol. The summed E-state index contributed by atoms with van der Waals surface area (Å²) < 4.78 is 26.3. The van der Waals surface area contributed by atoms with Crippen molar-refractivity contribution in [2.45, 2.75) is 19.3 Å². The van der Waals surface area contributed by atoms with Crippen molar-refractivity contribution >= 4 is 5.91 Å². The lowest BCUT2D eigenvalue weighted by atomic mass is 9.66. The third-order valence-corrected chi connectivity index (χ3v) is 3.85. The molecule has 2 nitrogen and oxygen atoms in total. The number of benzene rings is 2. The Balaban J connectivity index is 2.72. The Morgan fingerprint density at radius 2 is 1.24 bits per heavy atom. The standard InChI is InChI=1S/C17H17F2NO/c1-11(2)17(16(20)21,12-3-7-14(18)8-4-12)13-5-9-15(19)10-6-13/h3-11H,1-2H3,(H2,20,21). The molecule has 110 valence electrons. The second-order valence-electron chi connectivity index (χ2n) is 5.34. The normalized spacial score (nSPS) is 11.7. The summed E-state index contributed by atoms with van der Waals surface area (Å²) in [4.78, 5) is 12.3. The van der Waals surface area contributed by atoms with Gasteiger partial charge in [0.2, 0.25) is 5.91 Å². The van der Waals surface area contributed by atoms with E-state index in [2.05, 4.69) is 0 Å². The summed E-state index contributed by atoms with van der Waals surface area (Å²) in [5.74, 6) is -1.50. The Bertz CT molecular complexity index is 587. The number of hydrogen-bond donors (Lipinski definition) is 1. The Morgan fingerprint density at radius 1 is 0.905 bits per heavy atom. The van der Waals surface area contributed by atoms with Crippen molar-refractivity contribution in [3.05, 3.63) is 71.3 Å². The van der Waals surface area contributed by atoms with E-state index in [0.29, 0.717) is 11.1 Å². The highest BCUT2D eigenvalue weighted by molar-refractivity contribution is 5.91. The van der Waals surface area contributed by atoms with Gasteiger partial charge in [-0.2, -0.15) is 0 Å². The van der Waals surface area contributed by atoms with Gasteiger partial charge in [-0.05, 0) is 41.3 Å². The van der Waals surface area contributed by atoms with E-state index < -0.39 is 11.3 Å². The number of halogens is 2. The minimum absolute atomic E-state index is 0.175. The Kier molecular flexibility index (Phi) is 4.07. The van der Waals surface area contributed by atoms with E-state index in [1.807, 2.05) is 13.8 Å². The van der Waals surface area contributed by atoms with Crippen molar-refractivity contribution in [3.8, 4) is 0 Å². The first-order valence-corrected chi connectivity index (χ1v) is 6.71. The fraction of sp³-hybridized carbons (Fsp3) is 0.235. The van der Waals surface area contributed by atoms with Gasteiger partial charge in [-0.3, -0.25) is 4.79 Å². The van der Waals surface area contributed by atoms with Crippen molar-refractivity contribution in [2.75, 3.05) is 0 Å². The third-order valence-electron chi connectivity index (χ3n) is 3.85. The number of hydrogen-bond acceptors (Lipinski definition) is 1. The van der Waals surface area contributed by atoms with Gasteiger partial charge >= 0.3 is 0 Å². The smallest absolute Gasteiger partial charge is 0.232 e. The van der Waals surface area contributed by atoms with Crippen molar-refractivity contribution < 1.29 is 13.6 Å². The summed E-state index contributed by atoms with van der Waals surface area (Å²) in [6.07, 6.45) is 0. The van der Waals surface area contributed by atoms with Gasteiger partial charge in [-0.25, -0.2) is 8.78 Å². The molecule has 21 heavy (non-hydrogen) atoms. The summed E-state index contributed by atoms with van der Waals surface area (Å²) in [6.45, 7) is 3.72. The molecule has 2 aromatic carbocycles. The van der Waals surface area contributed by atoms with Gasteiger partial charge in [0.1, 0.15) is 17.0 Å². The van der Waals surface area contributed by atoms with Crippen LogP contribution < -0.4 is 5.73 Å². The number of amides is 1. The van der Waals surface area contributed by atoms with Crippen LogP contribution in [-0.4, -0.2) is 5.91 Å². The first kappa shape index (κ1) is 15.2. The highest BCUT2D eigenvalue weighted by Crippen LogP contribution is 2.39. The second-order valence-corrected chi connectivity index (χ2v) is 5.34. The molecule has 2 N–H and O–H groups in total. The molecule has 1 amide bonds. The molecule has 0 unspecified atom stereocenters. The number of carbonyl (C=O) groups excluding carboxylic acids is 1. The molecule has 4 heteroatoms. The van der Waals surface area contributed by atoms with Gasteiger partial charge < -0.3 is 5.73 Å². The second kappa shape index (κ2) is 5.64. The monoisotopic (exact) mass is 289 g/mol. The highest BCUT2D eigenvalue weighted by Gasteiger charge is 2.43. The molecule has 0 bridgehead atoms. The van der Waals surface area contributed by atoms with Crippen LogP contribution in [-0.2, 0) is 10.2 Å². The zero-order valence-electron chi connectivity index (χ0n) is 11.9. The van der Waals surface area contributed by atoms with Crippen molar-refractivity contribution in [1.29, 1.82) is 0 Å². The Labute approximate surface area is 122 Å². The molecule has 0 radical (unpaired) electrons. The molecule has 2 aromatic rings. The molecule has 0 spiro atoms. The van der Waals surface area contributed by atoms with Crippen molar-refractivity contribution in [1.82, 2.24) is 0 Å². The highest BCUT2D eigenvalue weighted by atomic mass is 19.1. The summed E-state index contributed by atoms with van der Waals surface area (Å²) in [7, 11) is 0. The molecule has 0 fully saturated rings. The Morgan fingerprint density at radius 3 is 1.48 bits per heavy atom. The molecule has 0 atom stereocenters. The fourth-order valence-corrected chi connectivity index (χ4v) is 2.83. The van der Waals surface area contributed by atoms with Gasteiger partial charge in [-0.15, -0.1) is 0 Å². The summed E-state index contributed by atoms with van der Waals surface area (Å²) in [5, 5.41) is 0. The third kappa shape index (κ3) is 2.53. The predicted octanol–water partition coefficient (Wildman–Crippen LogP) is 3.39. The molecular weight excluding hydrogens is 272 g/mol. The molecule has 0 saturated heterocycles. The van der Waals surface area contributed by atoms with Crippen LogP contribution in [0.15, 0.2) is 48.5 Å². The minimum Gasteiger partial charge on any atom is -0.369 e. The van der Waals surface area contributed by atoms with Crippen LogP contribution in [0.2, 0.25) is 0 Å². The van der Waals surface area contributed by atoms with E-state index in [1.165, 1.54) is 24.3 Å². The molecule has 0 aliphatic carbocycles. The molecule has 0 heterocycles. The zero-order valence-corrected chi connectivity index (χ0v) is 11.9. The minimum atomic E-state index is -1.12. The van der Waals surface area contributed by atoms with E-state index in [-0.39, 0.29) is 17.6 Å². The van der Waals surface area contributed by atoms with Gasteiger partial charge in [0, 0.05) is 0 Å². The Hall–Kier alpha value is -2.23. The van der Waals surface area contributed by atoms with E-state index in [4.69, 9.17) is 5.73 Å². The topological polar surface area (TPSA) is 43.1 Å². The average Bonchev–Trinajstić information content (AvgIpc) is 2.43. The summed E-state index contributed by atoms with van der Waals surface area (Å²) >= 11 is 0. The van der Waals surface area contributed by atoms with Crippen molar-refractivity contribution in [3.63, 3.8) is 0 Å². The van der Waals surface area contributed by atoms with Crippen LogP contribution in [0.3, 0.4) is 0 Å².